The van der Waals surface area contributed by atoms with E-state index in [4.69, 9.17) is 5.73 Å². The van der Waals surface area contributed by atoms with Gasteiger partial charge in [-0.1, -0.05) is 24.3 Å². The van der Waals surface area contributed by atoms with E-state index in [9.17, 15) is 14.7 Å². The maximum atomic E-state index is 12.3. The third-order valence-corrected chi connectivity index (χ3v) is 5.15. The zero-order valence-electron chi connectivity index (χ0n) is 14.5. The van der Waals surface area contributed by atoms with Crippen LogP contribution in [0, 0.1) is 18.3 Å². The molecule has 25 heavy (non-hydrogen) atoms. The summed E-state index contributed by atoms with van der Waals surface area (Å²) in [5, 5.41) is 13.4. The molecule has 3 rings (SSSR count). The number of carbonyl (C=O) groups excluding carboxylic acids is 2. The molecule has 1 aromatic rings. The molecule has 1 aliphatic carbocycles. The lowest BCUT2D eigenvalue weighted by atomic mass is 9.74. The summed E-state index contributed by atoms with van der Waals surface area (Å²) in [5.41, 5.74) is 6.93. The van der Waals surface area contributed by atoms with Crippen molar-refractivity contribution in [2.45, 2.75) is 32.3 Å². The lowest BCUT2D eigenvalue weighted by molar-refractivity contribution is -0.126. The van der Waals surface area contributed by atoms with Gasteiger partial charge in [0.05, 0.1) is 11.1 Å². The topological polar surface area (TPSA) is 105 Å². The number of carbonyl (C=O) groups is 2. The Labute approximate surface area is 146 Å². The summed E-state index contributed by atoms with van der Waals surface area (Å²) in [6, 6.07) is 7.43. The molecule has 6 heteroatoms. The minimum absolute atomic E-state index is 0.0965. The second-order valence-electron chi connectivity index (χ2n) is 6.82. The summed E-state index contributed by atoms with van der Waals surface area (Å²) in [6.07, 6.45) is 2.62. The van der Waals surface area contributed by atoms with Crippen LogP contribution in [-0.2, 0) is 9.59 Å². The Morgan fingerprint density at radius 1 is 1.36 bits per heavy atom. The lowest BCUT2D eigenvalue weighted by Crippen LogP contribution is -2.44. The zero-order valence-corrected chi connectivity index (χ0v) is 14.5. The number of rotatable bonds is 5. The molecule has 0 spiro atoms. The van der Waals surface area contributed by atoms with Crippen molar-refractivity contribution in [3.8, 4) is 0 Å². The Bertz CT molecular complexity index is 780. The zero-order chi connectivity index (χ0) is 18.2. The van der Waals surface area contributed by atoms with Gasteiger partial charge in [0.2, 0.25) is 5.91 Å². The van der Waals surface area contributed by atoms with Crippen LogP contribution in [0.2, 0.25) is 0 Å². The number of aryl methyl sites for hydroxylation is 1. The largest absolute Gasteiger partial charge is 0.382 e. The van der Waals surface area contributed by atoms with Crippen molar-refractivity contribution in [1.29, 1.82) is 0 Å². The fourth-order valence-electron chi connectivity index (χ4n) is 3.51. The van der Waals surface area contributed by atoms with Gasteiger partial charge in [0.15, 0.2) is 0 Å². The molecule has 4 N–H and O–H groups in total. The second-order valence-corrected chi connectivity index (χ2v) is 6.82. The van der Waals surface area contributed by atoms with Crippen LogP contribution in [0.25, 0.3) is 0 Å². The number of nitrogens with one attached hydrogen (secondary N) is 1. The predicted molar refractivity (Wildman–Crippen MR) is 94.7 cm³/mol. The Kier molecular flexibility index (Phi) is 4.47. The smallest absolute Gasteiger partial charge is 0.265 e. The first kappa shape index (κ1) is 17.4. The summed E-state index contributed by atoms with van der Waals surface area (Å²) < 4.78 is 0. The van der Waals surface area contributed by atoms with Crippen molar-refractivity contribution in [2.24, 2.45) is 22.1 Å². The summed E-state index contributed by atoms with van der Waals surface area (Å²) in [6.45, 7) is 1.90. The number of hydrogen-bond donors (Lipinski definition) is 3. The van der Waals surface area contributed by atoms with Gasteiger partial charge in [-0.3, -0.25) is 9.59 Å². The molecule has 1 fully saturated rings. The number of amides is 2. The normalized spacial score (nSPS) is 24.1. The maximum absolute atomic E-state index is 12.3. The minimum atomic E-state index is -1.02. The van der Waals surface area contributed by atoms with E-state index in [1.807, 2.05) is 31.2 Å². The average Bonchev–Trinajstić information content (AvgIpc) is 3.45. The molecular formula is C19H23N3O3. The van der Waals surface area contributed by atoms with Gasteiger partial charge in [-0.2, -0.15) is 0 Å². The quantitative estimate of drug-likeness (QED) is 0.753. The third-order valence-electron chi connectivity index (χ3n) is 5.15. The van der Waals surface area contributed by atoms with Crippen LogP contribution < -0.4 is 11.1 Å². The number of hydrogen-bond acceptors (Lipinski definition) is 4. The molecule has 2 unspecified atom stereocenters. The molecule has 1 saturated carbocycles. The predicted octanol–water partition coefficient (Wildman–Crippen LogP) is 1.38. The first-order valence-corrected chi connectivity index (χ1v) is 8.45. The summed E-state index contributed by atoms with van der Waals surface area (Å²) in [5.74, 6) is -0.728. The first-order chi connectivity index (χ1) is 11.9. The van der Waals surface area contributed by atoms with E-state index in [1.54, 1.807) is 6.08 Å². The molecule has 2 amide bonds. The van der Waals surface area contributed by atoms with E-state index in [0.29, 0.717) is 11.3 Å². The Morgan fingerprint density at radius 3 is 2.60 bits per heavy atom. The molecule has 6 nitrogen and oxygen atoms in total. The second kappa shape index (κ2) is 6.44. The highest BCUT2D eigenvalue weighted by atomic mass is 16.3. The van der Waals surface area contributed by atoms with Gasteiger partial charge in [-0.15, -0.1) is 0 Å². The van der Waals surface area contributed by atoms with Crippen LogP contribution in [0.1, 0.15) is 36.5 Å². The SMILES string of the molecule is CNC(=O)C1=NC(C(O)c2ccccc2C)=CC(C(N)=O)(C2CC2)C1. The molecule has 2 aliphatic rings. The van der Waals surface area contributed by atoms with Crippen LogP contribution in [0.5, 0.6) is 0 Å². The van der Waals surface area contributed by atoms with Gasteiger partial charge in [0.1, 0.15) is 11.8 Å². The van der Waals surface area contributed by atoms with Gasteiger partial charge in [-0.05, 0) is 42.9 Å². The van der Waals surface area contributed by atoms with Gasteiger partial charge < -0.3 is 16.2 Å². The summed E-state index contributed by atoms with van der Waals surface area (Å²) in [7, 11) is 1.52. The van der Waals surface area contributed by atoms with Gasteiger partial charge in [0.25, 0.3) is 5.91 Å². The molecule has 1 aromatic carbocycles. The van der Waals surface area contributed by atoms with Gasteiger partial charge in [-0.25, -0.2) is 4.99 Å². The van der Waals surface area contributed by atoms with E-state index < -0.39 is 17.4 Å². The highest BCUT2D eigenvalue weighted by Gasteiger charge is 2.51. The molecular weight excluding hydrogens is 318 g/mol. The maximum Gasteiger partial charge on any atom is 0.265 e. The standard InChI is InChI=1S/C19H23N3O3/c1-11-5-3-4-6-13(11)16(23)14-9-19(18(20)25,12-7-8-12)10-15(22-14)17(24)21-2/h3-6,9,12,16,23H,7-8,10H2,1-2H3,(H2,20,25)(H,21,24). The fourth-order valence-corrected chi connectivity index (χ4v) is 3.51. The van der Waals surface area contributed by atoms with Crippen LogP contribution in [0.3, 0.4) is 0 Å². The summed E-state index contributed by atoms with van der Waals surface area (Å²) in [4.78, 5) is 28.8. The number of primary amides is 1. The van der Waals surface area contributed by atoms with E-state index in [0.717, 1.165) is 18.4 Å². The number of benzene rings is 1. The van der Waals surface area contributed by atoms with Crippen molar-refractivity contribution in [2.75, 3.05) is 7.05 Å². The Hall–Kier alpha value is -2.47. The first-order valence-electron chi connectivity index (χ1n) is 8.45. The number of aliphatic hydroxyl groups excluding tert-OH is 1. The Balaban J connectivity index is 2.09. The molecule has 0 aromatic heterocycles. The highest BCUT2D eigenvalue weighted by Crippen LogP contribution is 2.51. The van der Waals surface area contributed by atoms with Crippen LogP contribution >= 0.6 is 0 Å². The van der Waals surface area contributed by atoms with Crippen molar-refractivity contribution < 1.29 is 14.7 Å². The van der Waals surface area contributed by atoms with E-state index >= 15 is 0 Å². The fraction of sp³-hybridized carbons (Fsp3) is 0.421. The van der Waals surface area contributed by atoms with Crippen molar-refractivity contribution in [1.82, 2.24) is 5.32 Å². The molecule has 132 valence electrons. The monoisotopic (exact) mass is 341 g/mol. The Morgan fingerprint density at radius 2 is 2.04 bits per heavy atom. The van der Waals surface area contributed by atoms with Crippen molar-refractivity contribution >= 4 is 17.5 Å². The van der Waals surface area contributed by atoms with Crippen molar-refractivity contribution in [3.05, 3.63) is 47.2 Å². The highest BCUT2D eigenvalue weighted by molar-refractivity contribution is 6.39. The molecule has 1 heterocycles. The molecule has 0 saturated heterocycles. The third kappa shape index (κ3) is 3.09. The molecule has 0 bridgehead atoms. The molecule has 1 aliphatic heterocycles. The number of nitrogens with two attached hydrogens (primary N) is 1. The lowest BCUT2D eigenvalue weighted by Gasteiger charge is -2.32. The summed E-state index contributed by atoms with van der Waals surface area (Å²) >= 11 is 0. The average molecular weight is 341 g/mol. The van der Waals surface area contributed by atoms with Gasteiger partial charge >= 0.3 is 0 Å². The van der Waals surface area contributed by atoms with Crippen molar-refractivity contribution in [3.63, 3.8) is 0 Å². The van der Waals surface area contributed by atoms with Crippen LogP contribution in [0.4, 0.5) is 0 Å². The van der Waals surface area contributed by atoms with E-state index in [-0.39, 0.29) is 24.0 Å². The van der Waals surface area contributed by atoms with Gasteiger partial charge in [0, 0.05) is 13.5 Å². The van der Waals surface area contributed by atoms with Crippen LogP contribution in [0.15, 0.2) is 41.0 Å². The molecule has 0 radical (unpaired) electrons. The van der Waals surface area contributed by atoms with Crippen LogP contribution in [-0.4, -0.2) is 29.7 Å². The number of nitrogens with zero attached hydrogens (tertiary/aromatic N) is 1. The number of aliphatic hydroxyl groups is 1. The minimum Gasteiger partial charge on any atom is -0.382 e. The molecule has 2 atom stereocenters. The number of aliphatic imine (C=N–C) groups is 1. The van der Waals surface area contributed by atoms with E-state index in [1.165, 1.54) is 7.05 Å². The van der Waals surface area contributed by atoms with E-state index in [2.05, 4.69) is 10.3 Å².